The van der Waals surface area contributed by atoms with Gasteiger partial charge in [-0.15, -0.1) is 0 Å². The zero-order chi connectivity index (χ0) is 38.7. The van der Waals surface area contributed by atoms with E-state index in [9.17, 15) is 36.2 Å². The van der Waals surface area contributed by atoms with Crippen molar-refractivity contribution in [2.24, 2.45) is 11.7 Å². The van der Waals surface area contributed by atoms with Crippen LogP contribution in [0.3, 0.4) is 0 Å². The van der Waals surface area contributed by atoms with E-state index in [1.165, 1.54) is 18.2 Å². The first-order valence-corrected chi connectivity index (χ1v) is 17.1. The molecule has 282 valence electrons. The van der Waals surface area contributed by atoms with Crippen molar-refractivity contribution in [1.29, 1.82) is 0 Å². The van der Waals surface area contributed by atoms with Crippen LogP contribution in [0.4, 0.5) is 35.1 Å². The van der Waals surface area contributed by atoms with Gasteiger partial charge < -0.3 is 15.6 Å². The van der Waals surface area contributed by atoms with Gasteiger partial charge >= 0.3 is 6.18 Å². The standard InChI is InChI=1S/C39H32F8N4O3/c1-20(48)29-16-22(2-5-32(29)42)28-4-3-26(6-7-37(53)8-10-54-11-9-37)49-34(28)23(12-21-13-24(40)17-25(41)14-21)15-27(52)19-51-36-33(35(50-51)39(45,46)47)30-18-31(30)38(36,43)44/h2-5,13-14,16-17,23,30-31,53H,1,8-12,15,18-19,48H2/t23-,30+,31-/m1/s1. The van der Waals surface area contributed by atoms with Gasteiger partial charge in [0.15, 0.2) is 11.5 Å². The Hall–Kier alpha value is -5.07. The number of nitrogens with zero attached hydrogens (tertiary/aromatic N) is 3. The molecule has 7 nitrogen and oxygen atoms in total. The number of Topliss-reactive ketones (excluding diaryl/α,β-unsaturated/α-hetero) is 1. The summed E-state index contributed by atoms with van der Waals surface area (Å²) in [5.41, 5.74) is 2.21. The Kier molecular flexibility index (Phi) is 9.42. The first-order valence-electron chi connectivity index (χ1n) is 17.1. The van der Waals surface area contributed by atoms with E-state index in [-0.39, 0.29) is 67.1 Å². The largest absolute Gasteiger partial charge is 0.435 e. The minimum absolute atomic E-state index is 0.0455. The van der Waals surface area contributed by atoms with Crippen LogP contribution in [0.5, 0.6) is 0 Å². The van der Waals surface area contributed by atoms with Crippen molar-refractivity contribution in [3.63, 3.8) is 0 Å². The normalized spacial score (nSPS) is 20.0. The number of pyridine rings is 1. The lowest BCUT2D eigenvalue weighted by Crippen LogP contribution is -2.34. The highest BCUT2D eigenvalue weighted by Crippen LogP contribution is 2.68. The zero-order valence-electron chi connectivity index (χ0n) is 28.4. The smallest absolute Gasteiger partial charge is 0.399 e. The van der Waals surface area contributed by atoms with Crippen LogP contribution < -0.4 is 5.73 Å². The van der Waals surface area contributed by atoms with E-state index in [2.05, 4.69) is 23.5 Å². The second-order valence-corrected chi connectivity index (χ2v) is 14.0. The van der Waals surface area contributed by atoms with Crippen LogP contribution in [0.25, 0.3) is 16.8 Å². The van der Waals surface area contributed by atoms with Gasteiger partial charge in [0, 0.05) is 59.6 Å². The average Bonchev–Trinajstić information content (AvgIpc) is 3.75. The lowest BCUT2D eigenvalue weighted by molar-refractivity contribution is -0.142. The van der Waals surface area contributed by atoms with Crippen LogP contribution in [0.15, 0.2) is 55.1 Å². The number of ether oxygens (including phenoxy) is 1. The van der Waals surface area contributed by atoms with Crippen LogP contribution in [-0.4, -0.2) is 44.5 Å². The summed E-state index contributed by atoms with van der Waals surface area (Å²) in [6, 6.07) is 9.68. The van der Waals surface area contributed by atoms with Gasteiger partial charge in [-0.3, -0.25) is 9.48 Å². The van der Waals surface area contributed by atoms with Gasteiger partial charge in [-0.25, -0.2) is 18.2 Å². The molecular formula is C39H32F8N4O3. The molecule has 4 aromatic rings. The Morgan fingerprint density at radius 3 is 2.44 bits per heavy atom. The number of aromatic nitrogens is 3. The first-order chi connectivity index (χ1) is 25.4. The van der Waals surface area contributed by atoms with Crippen molar-refractivity contribution >= 4 is 11.5 Å². The van der Waals surface area contributed by atoms with E-state index in [1.54, 1.807) is 6.07 Å². The molecule has 1 saturated heterocycles. The summed E-state index contributed by atoms with van der Waals surface area (Å²) in [5, 5.41) is 14.4. The molecule has 2 aromatic heterocycles. The number of benzene rings is 2. The summed E-state index contributed by atoms with van der Waals surface area (Å²) in [6.07, 6.45) is -5.55. The molecule has 2 aromatic carbocycles. The highest BCUT2D eigenvalue weighted by atomic mass is 19.4. The van der Waals surface area contributed by atoms with E-state index < -0.39 is 88.6 Å². The molecular weight excluding hydrogens is 724 g/mol. The van der Waals surface area contributed by atoms with Crippen molar-refractivity contribution in [2.75, 3.05) is 13.2 Å². The van der Waals surface area contributed by atoms with Crippen LogP contribution in [0.2, 0.25) is 0 Å². The van der Waals surface area contributed by atoms with Crippen LogP contribution in [0, 0.1) is 35.2 Å². The maximum Gasteiger partial charge on any atom is 0.435 e. The molecule has 2 aliphatic carbocycles. The maximum atomic E-state index is 15.3. The topological polar surface area (TPSA) is 103 Å². The Morgan fingerprint density at radius 2 is 1.78 bits per heavy atom. The number of hydrogen-bond donors (Lipinski definition) is 2. The summed E-state index contributed by atoms with van der Waals surface area (Å²) >= 11 is 0. The van der Waals surface area contributed by atoms with Gasteiger partial charge in [0.1, 0.15) is 41.0 Å². The van der Waals surface area contributed by atoms with Gasteiger partial charge in [0.05, 0.1) is 18.9 Å². The molecule has 54 heavy (non-hydrogen) atoms. The van der Waals surface area contributed by atoms with E-state index in [1.807, 2.05) is 0 Å². The monoisotopic (exact) mass is 756 g/mol. The molecule has 3 aliphatic rings. The summed E-state index contributed by atoms with van der Waals surface area (Å²) < 4.78 is 122. The number of fused-ring (bicyclic) bond motifs is 3. The van der Waals surface area contributed by atoms with Crippen LogP contribution in [-0.2, 0) is 34.6 Å². The predicted octanol–water partition coefficient (Wildman–Crippen LogP) is 7.40. The Morgan fingerprint density at radius 1 is 1.07 bits per heavy atom. The molecule has 0 unspecified atom stereocenters. The van der Waals surface area contributed by atoms with Crippen molar-refractivity contribution in [3.8, 4) is 23.0 Å². The molecule has 1 aliphatic heterocycles. The van der Waals surface area contributed by atoms with Gasteiger partial charge in [0.25, 0.3) is 5.92 Å². The predicted molar refractivity (Wildman–Crippen MR) is 179 cm³/mol. The number of hydrogen-bond acceptors (Lipinski definition) is 6. The first kappa shape index (κ1) is 37.3. The van der Waals surface area contributed by atoms with Gasteiger partial charge in [-0.1, -0.05) is 18.6 Å². The van der Waals surface area contributed by atoms with Crippen LogP contribution >= 0.6 is 0 Å². The SMILES string of the molecule is C=C(N)c1cc(-c2ccc(C#CC3(O)CCOCC3)nc2[C@@H](CC(=O)Cn2nc(C(F)(F)F)c3c2C(F)(F)[C@@H]2C[C@H]32)Cc2cc(F)cc(F)c2)ccc1F. The number of halogens is 8. The molecule has 0 bridgehead atoms. The summed E-state index contributed by atoms with van der Waals surface area (Å²) in [7, 11) is 0. The molecule has 0 amide bonds. The summed E-state index contributed by atoms with van der Waals surface area (Å²) in [4.78, 5) is 18.6. The molecule has 3 N–H and O–H groups in total. The van der Waals surface area contributed by atoms with Gasteiger partial charge in [-0.2, -0.15) is 27.1 Å². The van der Waals surface area contributed by atoms with Crippen molar-refractivity contribution < 1.29 is 49.8 Å². The molecule has 0 radical (unpaired) electrons. The third-order valence-electron chi connectivity index (χ3n) is 10.1. The quantitative estimate of drug-likeness (QED) is 0.136. The number of aliphatic hydroxyl groups is 1. The maximum absolute atomic E-state index is 15.3. The minimum Gasteiger partial charge on any atom is -0.399 e. The van der Waals surface area contributed by atoms with E-state index in [0.29, 0.717) is 21.9 Å². The third kappa shape index (κ3) is 7.24. The van der Waals surface area contributed by atoms with E-state index in [4.69, 9.17) is 15.5 Å². The zero-order valence-corrected chi connectivity index (χ0v) is 28.4. The Balaban J connectivity index is 1.33. The Bertz CT molecular complexity index is 2210. The average molecular weight is 757 g/mol. The number of alkyl halides is 5. The molecule has 7 rings (SSSR count). The molecule has 0 spiro atoms. The van der Waals surface area contributed by atoms with Crippen LogP contribution in [0.1, 0.15) is 77.0 Å². The summed E-state index contributed by atoms with van der Waals surface area (Å²) in [5.74, 6) is -4.81. The number of nitrogens with two attached hydrogens (primary N) is 1. The van der Waals surface area contributed by atoms with Gasteiger partial charge in [-0.05, 0) is 72.2 Å². The van der Waals surface area contributed by atoms with Crippen molar-refractivity contribution in [1.82, 2.24) is 14.8 Å². The highest BCUT2D eigenvalue weighted by Gasteiger charge is 2.68. The Labute approximate surface area is 303 Å². The molecule has 15 heteroatoms. The number of ketones is 1. The summed E-state index contributed by atoms with van der Waals surface area (Å²) in [6.45, 7) is 3.19. The van der Waals surface area contributed by atoms with E-state index in [0.717, 1.165) is 18.2 Å². The van der Waals surface area contributed by atoms with Crippen molar-refractivity contribution in [3.05, 3.63) is 112 Å². The number of rotatable bonds is 9. The lowest BCUT2D eigenvalue weighted by atomic mass is 9.86. The fourth-order valence-electron chi connectivity index (χ4n) is 7.43. The number of carbonyl (C=O) groups excluding carboxylic acids is 1. The second-order valence-electron chi connectivity index (χ2n) is 14.0. The second kappa shape index (κ2) is 13.7. The minimum atomic E-state index is -5.04. The van der Waals surface area contributed by atoms with Crippen molar-refractivity contribution in [2.45, 2.75) is 68.2 Å². The molecule has 3 heterocycles. The fourth-order valence-corrected chi connectivity index (χ4v) is 7.43. The molecule has 3 atom stereocenters. The van der Waals surface area contributed by atoms with E-state index >= 15 is 8.78 Å². The number of carbonyl (C=O) groups is 1. The lowest BCUT2D eigenvalue weighted by Gasteiger charge is -2.26. The molecule has 2 fully saturated rings. The van der Waals surface area contributed by atoms with Gasteiger partial charge in [0.2, 0.25) is 0 Å². The molecule has 1 saturated carbocycles. The third-order valence-corrected chi connectivity index (χ3v) is 10.1. The fraction of sp³-hybridized carbons (Fsp3) is 0.359. The highest BCUT2D eigenvalue weighted by molar-refractivity contribution is 5.80.